The highest BCUT2D eigenvalue weighted by atomic mass is 28.3. The number of hydrogen-bond donors (Lipinski definition) is 0. The molecule has 5 heavy (non-hydrogen) atoms. The molecule has 0 aromatic heterocycles. The summed E-state index contributed by atoms with van der Waals surface area (Å²) in [5.41, 5.74) is 0. The van der Waals surface area contributed by atoms with Crippen molar-refractivity contribution in [2.45, 2.75) is 6.55 Å². The Balaban J connectivity index is 2.54. The minimum Gasteiger partial charge on any atom is -0.430 e. The maximum Gasteiger partial charge on any atom is 0.150 e. The van der Waals surface area contributed by atoms with E-state index in [9.17, 15) is 0 Å². The van der Waals surface area contributed by atoms with Gasteiger partial charge in [0, 0.05) is 7.11 Å². The van der Waals surface area contributed by atoms with Crippen molar-refractivity contribution in [2.75, 3.05) is 7.11 Å². The van der Waals surface area contributed by atoms with E-state index in [1.807, 2.05) is 6.55 Å². The highest BCUT2D eigenvalue weighted by molar-refractivity contribution is 6.98. The predicted octanol–water partition coefficient (Wildman–Crippen LogP) is -0.0807. The Morgan fingerprint density at radius 3 is 2.00 bits per heavy atom. The number of hydrogen-bond acceptors (Lipinski definition) is 1. The fraction of sp³-hybridized carbons (Fsp3) is 1.00. The second-order valence-electron chi connectivity index (χ2n) is 0.815. The molecule has 3 heteroatoms. The van der Waals surface area contributed by atoms with E-state index in [0.29, 0.717) is 0 Å². The van der Waals surface area contributed by atoms with Gasteiger partial charge >= 0.3 is 0 Å². The molecule has 0 heterocycles. The fourth-order valence-corrected chi connectivity index (χ4v) is 0. The van der Waals surface area contributed by atoms with Crippen LogP contribution >= 0.6 is 0 Å². The van der Waals surface area contributed by atoms with Gasteiger partial charge in [-0.2, -0.15) is 0 Å². The van der Waals surface area contributed by atoms with Gasteiger partial charge in [-0.05, 0) is 0 Å². The van der Waals surface area contributed by atoms with Crippen LogP contribution in [0.1, 0.15) is 0 Å². The van der Waals surface area contributed by atoms with E-state index in [0.717, 1.165) is 0 Å². The minimum absolute atomic E-state index is 0.874. The van der Waals surface area contributed by atoms with E-state index >= 15 is 0 Å². The molecule has 0 atom stereocenters. The molecule has 0 unspecified atom stereocenters. The van der Waals surface area contributed by atoms with Crippen LogP contribution in [0.3, 0.4) is 0 Å². The summed E-state index contributed by atoms with van der Waals surface area (Å²) in [6, 6.07) is 0. The molecule has 0 aliphatic rings. The second kappa shape index (κ2) is 2.48. The van der Waals surface area contributed by atoms with Gasteiger partial charge in [0.25, 0.3) is 0 Å². The molecule has 1 nitrogen and oxygen atoms in total. The largest absolute Gasteiger partial charge is 0.430 e. The van der Waals surface area contributed by atoms with E-state index in [4.69, 9.17) is 7.44 Å². The average molecular weight is 85.0 g/mol. The minimum atomic E-state index is -0.874. The van der Waals surface area contributed by atoms with Gasteiger partial charge in [-0.25, -0.2) is 0 Å². The molecule has 0 fully saturated rings. The molecule has 3 radical (unpaired) electrons. The highest BCUT2D eigenvalue weighted by Gasteiger charge is 1.84. The van der Waals surface area contributed by atoms with Gasteiger partial charge in [0.15, 0.2) is 8.91 Å². The van der Waals surface area contributed by atoms with E-state index < -0.39 is 8.91 Å². The van der Waals surface area contributed by atoms with Gasteiger partial charge in [-0.15, -0.1) is 0 Å². The lowest BCUT2D eigenvalue weighted by atomic mass is 10.8. The Bertz CT molecular complexity index is 23.6. The molecule has 0 spiro atoms. The molecule has 0 N–H and O–H groups in total. The summed E-state index contributed by atoms with van der Waals surface area (Å²) in [6.07, 6.45) is 0. The standard InChI is InChI=1S/C2H6BOSi/c1-4-5(2)3/h1-2H3. The third-order valence-electron chi connectivity index (χ3n) is 0.322. The molecule has 0 aromatic carbocycles. The van der Waals surface area contributed by atoms with Gasteiger partial charge in [0.1, 0.15) is 0 Å². The molecule has 0 rings (SSSR count). The van der Waals surface area contributed by atoms with Crippen molar-refractivity contribution in [3.05, 3.63) is 0 Å². The van der Waals surface area contributed by atoms with Crippen LogP contribution in [0.5, 0.6) is 0 Å². The van der Waals surface area contributed by atoms with Crippen LogP contribution in [-0.2, 0) is 4.43 Å². The summed E-state index contributed by atoms with van der Waals surface area (Å²) < 4.78 is 4.63. The molecule has 0 saturated heterocycles. The van der Waals surface area contributed by atoms with Gasteiger partial charge in [-0.1, -0.05) is 6.55 Å². The van der Waals surface area contributed by atoms with Crippen molar-refractivity contribution in [3.8, 4) is 0 Å². The average Bonchev–Trinajstić information content (AvgIpc) is 1.38. The fourth-order valence-electron chi connectivity index (χ4n) is 0. The summed E-state index contributed by atoms with van der Waals surface area (Å²) in [7, 11) is 5.92. The van der Waals surface area contributed by atoms with Crippen molar-refractivity contribution < 1.29 is 4.43 Å². The first kappa shape index (κ1) is 5.24. The third-order valence-corrected chi connectivity index (χ3v) is 0.966. The molecule has 0 aliphatic heterocycles. The topological polar surface area (TPSA) is 9.23 Å². The van der Waals surface area contributed by atoms with Gasteiger partial charge in [0.05, 0.1) is 7.44 Å². The lowest BCUT2D eigenvalue weighted by Crippen LogP contribution is -2.08. The maximum atomic E-state index is 5.17. The molecule has 0 saturated carbocycles. The summed E-state index contributed by atoms with van der Waals surface area (Å²) in [4.78, 5) is 0. The van der Waals surface area contributed by atoms with Crippen molar-refractivity contribution in [1.29, 1.82) is 0 Å². The molecule has 0 amide bonds. The first-order valence-corrected chi connectivity index (χ1v) is 3.39. The summed E-state index contributed by atoms with van der Waals surface area (Å²) in [6.45, 7) is 1.88. The van der Waals surface area contributed by atoms with Crippen LogP contribution in [0.4, 0.5) is 0 Å². The van der Waals surface area contributed by atoms with Crippen LogP contribution in [-0.4, -0.2) is 23.5 Å². The lowest BCUT2D eigenvalue weighted by molar-refractivity contribution is 0.440. The van der Waals surface area contributed by atoms with Crippen molar-refractivity contribution in [1.82, 2.24) is 0 Å². The summed E-state index contributed by atoms with van der Waals surface area (Å²) in [5, 5.41) is 0. The van der Waals surface area contributed by atoms with Crippen molar-refractivity contribution >= 4 is 16.3 Å². The Morgan fingerprint density at radius 1 is 1.80 bits per heavy atom. The SMILES string of the molecule is [B][Si](C)OC. The maximum absolute atomic E-state index is 5.17. The number of rotatable bonds is 1. The molecule has 0 aliphatic carbocycles. The molecule has 0 aromatic rings. The quantitative estimate of drug-likeness (QED) is 0.404. The van der Waals surface area contributed by atoms with E-state index in [1.165, 1.54) is 0 Å². The van der Waals surface area contributed by atoms with Crippen LogP contribution in [0.2, 0.25) is 6.55 Å². The highest BCUT2D eigenvalue weighted by Crippen LogP contribution is 1.65. The third kappa shape index (κ3) is 4.24. The molecule has 27 valence electrons. The zero-order valence-corrected chi connectivity index (χ0v) is 4.49. The zero-order chi connectivity index (χ0) is 4.28. The van der Waals surface area contributed by atoms with Gasteiger partial charge < -0.3 is 4.43 Å². The molecular weight excluding hydrogens is 78.9 g/mol. The van der Waals surface area contributed by atoms with E-state index in [2.05, 4.69) is 4.43 Å². The Labute approximate surface area is 35.4 Å². The van der Waals surface area contributed by atoms with Crippen LogP contribution < -0.4 is 0 Å². The Morgan fingerprint density at radius 2 is 2.00 bits per heavy atom. The Hall–Kier alpha value is 0.242. The van der Waals surface area contributed by atoms with Crippen molar-refractivity contribution in [2.24, 2.45) is 0 Å². The first-order valence-electron chi connectivity index (χ1n) is 1.40. The Kier molecular flexibility index (Phi) is 2.60. The summed E-state index contributed by atoms with van der Waals surface area (Å²) >= 11 is 0. The normalized spacial score (nSPS) is 9.40. The van der Waals surface area contributed by atoms with Crippen LogP contribution in [0, 0.1) is 0 Å². The lowest BCUT2D eigenvalue weighted by Gasteiger charge is -1.92. The van der Waals surface area contributed by atoms with E-state index in [1.54, 1.807) is 7.11 Å². The first-order chi connectivity index (χ1) is 2.27. The summed E-state index contributed by atoms with van der Waals surface area (Å²) in [5.74, 6) is 0. The predicted molar refractivity (Wildman–Crippen MR) is 24.4 cm³/mol. The zero-order valence-electron chi connectivity index (χ0n) is 3.49. The molecular formula is C2H6BOSi. The van der Waals surface area contributed by atoms with Gasteiger partial charge in [0.2, 0.25) is 0 Å². The van der Waals surface area contributed by atoms with Crippen LogP contribution in [0.25, 0.3) is 0 Å². The van der Waals surface area contributed by atoms with E-state index in [-0.39, 0.29) is 0 Å². The van der Waals surface area contributed by atoms with Crippen molar-refractivity contribution in [3.63, 3.8) is 0 Å². The monoisotopic (exact) mass is 85.0 g/mol. The van der Waals surface area contributed by atoms with Crippen LogP contribution in [0.15, 0.2) is 0 Å². The smallest absolute Gasteiger partial charge is 0.150 e. The second-order valence-corrected chi connectivity index (χ2v) is 2.44. The molecule has 0 bridgehead atoms. The van der Waals surface area contributed by atoms with Gasteiger partial charge in [-0.3, -0.25) is 0 Å².